The number of hydrogen-bond donors (Lipinski definition) is 1. The summed E-state index contributed by atoms with van der Waals surface area (Å²) in [6, 6.07) is 19.5. The van der Waals surface area contributed by atoms with Crippen molar-refractivity contribution >= 4 is 39.9 Å². The second-order valence-electron chi connectivity index (χ2n) is 8.74. The number of oxazole rings is 1. The van der Waals surface area contributed by atoms with Gasteiger partial charge in [-0.05, 0) is 24.3 Å². The van der Waals surface area contributed by atoms with Crippen LogP contribution in [0.25, 0.3) is 22.6 Å². The largest absolute Gasteiger partial charge is 0.436 e. The minimum Gasteiger partial charge on any atom is -0.436 e. The first-order chi connectivity index (χ1) is 17.4. The van der Waals surface area contributed by atoms with Gasteiger partial charge in [-0.25, -0.2) is 4.98 Å². The highest BCUT2D eigenvalue weighted by atomic mass is 16.3. The summed E-state index contributed by atoms with van der Waals surface area (Å²) in [5.41, 5.74) is 9.64. The molecular weight excluding hydrogens is 456 g/mol. The predicted octanol–water partition coefficient (Wildman–Crippen LogP) is 4.63. The van der Waals surface area contributed by atoms with Gasteiger partial charge in [0.05, 0.1) is 16.8 Å². The lowest BCUT2D eigenvalue weighted by molar-refractivity contribution is 0.0979. The zero-order chi connectivity index (χ0) is 24.7. The quantitative estimate of drug-likeness (QED) is 0.347. The molecule has 170 valence electrons. The molecule has 1 aromatic heterocycles. The Bertz CT molecular complexity index is 1810. The van der Waals surface area contributed by atoms with Crippen molar-refractivity contribution in [1.29, 1.82) is 0 Å². The Balaban J connectivity index is 1.39. The van der Waals surface area contributed by atoms with E-state index in [0.29, 0.717) is 38.9 Å². The highest BCUT2D eigenvalue weighted by molar-refractivity contribution is 6.31. The van der Waals surface area contributed by atoms with Crippen molar-refractivity contribution in [2.45, 2.75) is 0 Å². The predicted molar refractivity (Wildman–Crippen MR) is 130 cm³/mol. The molecule has 0 spiro atoms. The van der Waals surface area contributed by atoms with E-state index < -0.39 is 0 Å². The normalized spacial score (nSPS) is 13.9. The summed E-state index contributed by atoms with van der Waals surface area (Å²) < 4.78 is 5.94. The number of ketones is 4. The molecule has 0 radical (unpaired) electrons. The number of fused-ring (bicyclic) bond motifs is 5. The molecule has 0 fully saturated rings. The molecule has 2 aliphatic carbocycles. The Morgan fingerprint density at radius 3 is 1.67 bits per heavy atom. The van der Waals surface area contributed by atoms with Crippen LogP contribution in [-0.2, 0) is 0 Å². The van der Waals surface area contributed by atoms with E-state index in [-0.39, 0.29) is 57.0 Å². The van der Waals surface area contributed by atoms with Crippen molar-refractivity contribution in [2.24, 2.45) is 0 Å². The fraction of sp³-hybridized carbons (Fsp3) is 0. The van der Waals surface area contributed by atoms with Gasteiger partial charge < -0.3 is 10.2 Å². The average Bonchev–Trinajstić information content (AvgIpc) is 3.32. The molecule has 2 N–H and O–H groups in total. The molecular formula is C29H14N2O5. The highest BCUT2D eigenvalue weighted by Crippen LogP contribution is 2.38. The molecule has 0 saturated carbocycles. The van der Waals surface area contributed by atoms with Crippen LogP contribution in [0, 0.1) is 0 Å². The minimum atomic E-state index is -0.347. The standard InChI is InChI=1S/C29H14N2O5/c30-24-18(10-9-17-23(24)28(35)16-8-4-3-7-15(16)25(17)32)29-31-21-11-19-20(12-22(21)36-29)27(34)14-6-2-1-5-13(14)26(19)33/h1-12H,30H2. The van der Waals surface area contributed by atoms with Gasteiger partial charge in [0.25, 0.3) is 0 Å². The first-order valence-electron chi connectivity index (χ1n) is 11.2. The van der Waals surface area contributed by atoms with Crippen LogP contribution in [0.15, 0.2) is 77.2 Å². The third kappa shape index (κ3) is 2.54. The molecule has 0 aliphatic heterocycles. The van der Waals surface area contributed by atoms with Crippen molar-refractivity contribution in [3.8, 4) is 11.5 Å². The summed E-state index contributed by atoms with van der Waals surface area (Å²) >= 11 is 0. The Morgan fingerprint density at radius 2 is 1.06 bits per heavy atom. The number of aromatic nitrogens is 1. The Kier molecular flexibility index (Phi) is 3.89. The molecule has 0 unspecified atom stereocenters. The van der Waals surface area contributed by atoms with Crippen LogP contribution in [0.5, 0.6) is 0 Å². The monoisotopic (exact) mass is 470 g/mol. The SMILES string of the molecule is Nc1c(-c2nc3cc4c(cc3o2)C(=O)c2ccccc2C4=O)ccc2c1C(=O)c1ccccc1C2=O. The second kappa shape index (κ2) is 6.93. The van der Waals surface area contributed by atoms with Gasteiger partial charge in [0.1, 0.15) is 5.52 Å². The number of hydrogen-bond acceptors (Lipinski definition) is 7. The average molecular weight is 470 g/mol. The van der Waals surface area contributed by atoms with E-state index in [0.717, 1.165) is 0 Å². The fourth-order valence-corrected chi connectivity index (χ4v) is 5.03. The third-order valence-electron chi connectivity index (χ3n) is 6.80. The van der Waals surface area contributed by atoms with Gasteiger partial charge in [0.15, 0.2) is 28.7 Å². The van der Waals surface area contributed by atoms with Gasteiger partial charge in [0, 0.05) is 38.9 Å². The molecule has 7 heteroatoms. The van der Waals surface area contributed by atoms with Gasteiger partial charge >= 0.3 is 0 Å². The smallest absolute Gasteiger partial charge is 0.229 e. The van der Waals surface area contributed by atoms with Crippen molar-refractivity contribution < 1.29 is 23.6 Å². The van der Waals surface area contributed by atoms with Crippen molar-refractivity contribution in [3.05, 3.63) is 117 Å². The second-order valence-corrected chi connectivity index (χ2v) is 8.74. The molecule has 7 nitrogen and oxygen atoms in total. The summed E-state index contributed by atoms with van der Waals surface area (Å²) in [4.78, 5) is 56.8. The molecule has 4 aromatic carbocycles. The number of benzene rings is 4. The number of anilines is 1. The molecule has 5 aromatic rings. The van der Waals surface area contributed by atoms with Gasteiger partial charge in [-0.15, -0.1) is 0 Å². The van der Waals surface area contributed by atoms with E-state index in [2.05, 4.69) is 4.98 Å². The summed E-state index contributed by atoms with van der Waals surface area (Å²) in [5, 5.41) is 0. The lowest BCUT2D eigenvalue weighted by Crippen LogP contribution is -2.22. The van der Waals surface area contributed by atoms with Gasteiger partial charge in [-0.3, -0.25) is 19.2 Å². The zero-order valence-electron chi connectivity index (χ0n) is 18.5. The van der Waals surface area contributed by atoms with Crippen LogP contribution < -0.4 is 5.73 Å². The zero-order valence-corrected chi connectivity index (χ0v) is 18.5. The van der Waals surface area contributed by atoms with Gasteiger partial charge in [-0.1, -0.05) is 48.5 Å². The summed E-state index contributed by atoms with van der Waals surface area (Å²) in [6.07, 6.45) is 0. The highest BCUT2D eigenvalue weighted by Gasteiger charge is 2.34. The number of carbonyl (C=O) groups is 4. The number of carbonyl (C=O) groups excluding carboxylic acids is 4. The van der Waals surface area contributed by atoms with E-state index in [4.69, 9.17) is 10.2 Å². The summed E-state index contributed by atoms with van der Waals surface area (Å²) in [5.74, 6) is -1.04. The molecule has 0 atom stereocenters. The van der Waals surface area contributed by atoms with Crippen LogP contribution in [-0.4, -0.2) is 28.1 Å². The Morgan fingerprint density at radius 1 is 0.556 bits per heavy atom. The summed E-state index contributed by atoms with van der Waals surface area (Å²) in [7, 11) is 0. The first kappa shape index (κ1) is 20.2. The number of nitrogen functional groups attached to an aromatic ring is 1. The molecule has 7 rings (SSSR count). The van der Waals surface area contributed by atoms with Crippen molar-refractivity contribution in [2.75, 3.05) is 5.73 Å². The van der Waals surface area contributed by atoms with Gasteiger partial charge in [0.2, 0.25) is 5.89 Å². The maximum absolute atomic E-state index is 13.2. The third-order valence-corrected chi connectivity index (χ3v) is 6.80. The minimum absolute atomic E-state index is 0.0798. The Labute approximate surface area is 203 Å². The van der Waals surface area contributed by atoms with Crippen LogP contribution >= 0.6 is 0 Å². The van der Waals surface area contributed by atoms with Crippen LogP contribution in [0.2, 0.25) is 0 Å². The lowest BCUT2D eigenvalue weighted by atomic mass is 9.82. The lowest BCUT2D eigenvalue weighted by Gasteiger charge is -2.19. The van der Waals surface area contributed by atoms with Crippen LogP contribution in [0.1, 0.15) is 63.7 Å². The number of nitrogens with two attached hydrogens (primary N) is 1. The van der Waals surface area contributed by atoms with Crippen LogP contribution in [0.3, 0.4) is 0 Å². The number of nitrogens with zero attached hydrogens (tertiary/aromatic N) is 1. The molecule has 0 amide bonds. The van der Waals surface area contributed by atoms with E-state index >= 15 is 0 Å². The molecule has 0 bridgehead atoms. The molecule has 1 heterocycles. The molecule has 0 saturated heterocycles. The summed E-state index contributed by atoms with van der Waals surface area (Å²) in [6.45, 7) is 0. The van der Waals surface area contributed by atoms with Crippen LogP contribution in [0.4, 0.5) is 5.69 Å². The van der Waals surface area contributed by atoms with E-state index in [9.17, 15) is 19.2 Å². The maximum atomic E-state index is 13.2. The maximum Gasteiger partial charge on any atom is 0.229 e. The van der Waals surface area contributed by atoms with E-state index in [1.54, 1.807) is 60.7 Å². The molecule has 2 aliphatic rings. The first-order valence-corrected chi connectivity index (χ1v) is 11.2. The number of rotatable bonds is 1. The molecule has 36 heavy (non-hydrogen) atoms. The van der Waals surface area contributed by atoms with E-state index in [1.807, 2.05) is 0 Å². The fourth-order valence-electron chi connectivity index (χ4n) is 5.03. The van der Waals surface area contributed by atoms with Crippen molar-refractivity contribution in [3.63, 3.8) is 0 Å². The topological polar surface area (TPSA) is 120 Å². The van der Waals surface area contributed by atoms with Gasteiger partial charge in [-0.2, -0.15) is 0 Å². The Hall–Kier alpha value is -5.17. The van der Waals surface area contributed by atoms with E-state index in [1.165, 1.54) is 12.1 Å². The van der Waals surface area contributed by atoms with Crippen molar-refractivity contribution in [1.82, 2.24) is 4.98 Å².